The molecule has 2 aromatic rings. The van der Waals surface area contributed by atoms with Crippen LogP contribution in [0.5, 0.6) is 0 Å². The average molecular weight is 396 g/mol. The number of nitrogens with one attached hydrogen (secondary N) is 2. The molecule has 3 amide bonds. The maximum Gasteiger partial charge on any atom is 0.340 e. The molecule has 0 unspecified atom stereocenters. The van der Waals surface area contributed by atoms with E-state index in [1.165, 1.54) is 12.1 Å². The molecule has 4 N–H and O–H groups in total. The van der Waals surface area contributed by atoms with Crippen molar-refractivity contribution in [2.45, 2.75) is 6.54 Å². The molecule has 0 aliphatic heterocycles. The molecule has 0 heterocycles. The first-order chi connectivity index (χ1) is 12.4. The summed E-state index contributed by atoms with van der Waals surface area (Å²) >= 11 is 11.6. The Balaban J connectivity index is 1.81. The molecule has 0 spiro atoms. The summed E-state index contributed by atoms with van der Waals surface area (Å²) in [6.07, 6.45) is 0. The van der Waals surface area contributed by atoms with Crippen LogP contribution in [0.15, 0.2) is 42.5 Å². The number of benzene rings is 2. The minimum Gasteiger partial charge on any atom is -0.452 e. The van der Waals surface area contributed by atoms with Gasteiger partial charge in [-0.05, 0) is 17.7 Å². The van der Waals surface area contributed by atoms with Crippen LogP contribution in [0.4, 0.5) is 10.5 Å². The molecule has 7 nitrogen and oxygen atoms in total. The Kier molecular flexibility index (Phi) is 6.82. The molecule has 2 aromatic carbocycles. The van der Waals surface area contributed by atoms with E-state index in [9.17, 15) is 14.4 Å². The second-order valence-corrected chi connectivity index (χ2v) is 5.99. The highest BCUT2D eigenvalue weighted by molar-refractivity contribution is 6.37. The van der Waals surface area contributed by atoms with E-state index in [4.69, 9.17) is 33.7 Å². The number of urea groups is 1. The number of carbonyl (C=O) groups is 3. The Bertz CT molecular complexity index is 828. The first kappa shape index (κ1) is 19.6. The topological polar surface area (TPSA) is 111 Å². The fourth-order valence-corrected chi connectivity index (χ4v) is 2.44. The first-order valence-corrected chi connectivity index (χ1v) is 8.15. The number of halogens is 2. The van der Waals surface area contributed by atoms with Gasteiger partial charge in [0, 0.05) is 11.6 Å². The van der Waals surface area contributed by atoms with Crippen molar-refractivity contribution < 1.29 is 19.1 Å². The molecule has 0 saturated heterocycles. The Labute approximate surface area is 159 Å². The van der Waals surface area contributed by atoms with Crippen LogP contribution >= 0.6 is 23.2 Å². The van der Waals surface area contributed by atoms with Gasteiger partial charge in [-0.15, -0.1) is 0 Å². The average Bonchev–Trinajstić information content (AvgIpc) is 2.62. The lowest BCUT2D eigenvalue weighted by atomic mass is 10.2. The number of nitrogen functional groups attached to an aromatic ring is 1. The van der Waals surface area contributed by atoms with E-state index in [0.29, 0.717) is 0 Å². The lowest BCUT2D eigenvalue weighted by Gasteiger charge is -2.09. The number of esters is 1. The van der Waals surface area contributed by atoms with Crippen molar-refractivity contribution in [2.75, 3.05) is 12.3 Å². The van der Waals surface area contributed by atoms with Crippen molar-refractivity contribution in [1.29, 1.82) is 0 Å². The number of carbonyl (C=O) groups excluding carboxylic acids is 3. The van der Waals surface area contributed by atoms with Gasteiger partial charge < -0.3 is 15.8 Å². The monoisotopic (exact) mass is 395 g/mol. The molecule has 0 radical (unpaired) electrons. The predicted molar refractivity (Wildman–Crippen MR) is 98.0 cm³/mol. The largest absolute Gasteiger partial charge is 0.452 e. The molecule has 0 bridgehead atoms. The Hall–Kier alpha value is -2.77. The SMILES string of the molecule is Nc1c(Cl)cc(Cl)cc1C(=O)OCC(=O)NC(=O)NCc1ccccc1. The van der Waals surface area contributed by atoms with Crippen LogP contribution < -0.4 is 16.4 Å². The number of imide groups is 1. The summed E-state index contributed by atoms with van der Waals surface area (Å²) in [7, 11) is 0. The number of anilines is 1. The summed E-state index contributed by atoms with van der Waals surface area (Å²) in [6.45, 7) is -0.418. The molecule has 0 saturated carbocycles. The van der Waals surface area contributed by atoms with E-state index < -0.39 is 24.5 Å². The van der Waals surface area contributed by atoms with Crippen LogP contribution in [0.2, 0.25) is 10.0 Å². The zero-order chi connectivity index (χ0) is 19.1. The summed E-state index contributed by atoms with van der Waals surface area (Å²) in [5, 5.41) is 4.84. The van der Waals surface area contributed by atoms with E-state index in [0.717, 1.165) is 5.56 Å². The van der Waals surface area contributed by atoms with E-state index in [-0.39, 0.29) is 27.8 Å². The van der Waals surface area contributed by atoms with Crippen LogP contribution in [0.25, 0.3) is 0 Å². The minimum absolute atomic E-state index is 0.0120. The molecular formula is C17H15Cl2N3O4. The minimum atomic E-state index is -0.883. The van der Waals surface area contributed by atoms with Crippen LogP contribution in [-0.4, -0.2) is 24.5 Å². The van der Waals surface area contributed by atoms with E-state index >= 15 is 0 Å². The van der Waals surface area contributed by atoms with Gasteiger partial charge in [0.2, 0.25) is 0 Å². The normalized spacial score (nSPS) is 10.1. The fourth-order valence-electron chi connectivity index (χ4n) is 1.95. The summed E-state index contributed by atoms with van der Waals surface area (Å²) in [5.74, 6) is -1.68. The third-order valence-electron chi connectivity index (χ3n) is 3.20. The molecular weight excluding hydrogens is 381 g/mol. The second-order valence-electron chi connectivity index (χ2n) is 5.14. The lowest BCUT2D eigenvalue weighted by molar-refractivity contribution is -0.123. The summed E-state index contributed by atoms with van der Waals surface area (Å²) in [5.41, 5.74) is 6.47. The van der Waals surface area contributed by atoms with Gasteiger partial charge in [-0.2, -0.15) is 0 Å². The maximum atomic E-state index is 12.0. The van der Waals surface area contributed by atoms with E-state index in [2.05, 4.69) is 5.32 Å². The maximum absolute atomic E-state index is 12.0. The van der Waals surface area contributed by atoms with Gasteiger partial charge in [-0.25, -0.2) is 9.59 Å². The number of rotatable bonds is 5. The summed E-state index contributed by atoms with van der Waals surface area (Å²) < 4.78 is 4.82. The highest BCUT2D eigenvalue weighted by atomic mass is 35.5. The van der Waals surface area contributed by atoms with Gasteiger partial charge >= 0.3 is 12.0 Å². The zero-order valence-corrected chi connectivity index (χ0v) is 14.9. The number of hydrogen-bond donors (Lipinski definition) is 3. The van der Waals surface area contributed by atoms with Gasteiger partial charge in [0.1, 0.15) is 0 Å². The molecule has 26 heavy (non-hydrogen) atoms. The molecule has 0 aromatic heterocycles. The molecule has 0 fully saturated rings. The standard InChI is InChI=1S/C17H15Cl2N3O4/c18-11-6-12(15(20)13(19)7-11)16(24)26-9-14(23)22-17(25)21-8-10-4-2-1-3-5-10/h1-7H,8-9,20H2,(H2,21,22,23,25). The predicted octanol–water partition coefficient (Wildman–Crippen LogP) is 2.76. The number of hydrogen-bond acceptors (Lipinski definition) is 5. The molecule has 9 heteroatoms. The van der Waals surface area contributed by atoms with Crippen LogP contribution in [-0.2, 0) is 16.1 Å². The Morgan fingerprint density at radius 2 is 1.77 bits per heavy atom. The van der Waals surface area contributed by atoms with Gasteiger partial charge in [0.15, 0.2) is 6.61 Å². The molecule has 0 atom stereocenters. The first-order valence-electron chi connectivity index (χ1n) is 7.40. The third kappa shape index (κ3) is 5.65. The fraction of sp³-hybridized carbons (Fsp3) is 0.118. The van der Waals surface area contributed by atoms with Gasteiger partial charge in [-0.3, -0.25) is 10.1 Å². The smallest absolute Gasteiger partial charge is 0.340 e. The second kappa shape index (κ2) is 9.07. The zero-order valence-electron chi connectivity index (χ0n) is 13.4. The van der Waals surface area contributed by atoms with E-state index in [1.807, 2.05) is 35.6 Å². The Morgan fingerprint density at radius 1 is 1.08 bits per heavy atom. The highest BCUT2D eigenvalue weighted by Crippen LogP contribution is 2.27. The molecule has 136 valence electrons. The van der Waals surface area contributed by atoms with Crippen molar-refractivity contribution in [2.24, 2.45) is 0 Å². The molecule has 0 aliphatic carbocycles. The number of amides is 3. The van der Waals surface area contributed by atoms with E-state index in [1.54, 1.807) is 0 Å². The molecule has 2 rings (SSSR count). The van der Waals surface area contributed by atoms with Crippen LogP contribution in [0.1, 0.15) is 15.9 Å². The van der Waals surface area contributed by atoms with Crippen molar-refractivity contribution >= 4 is 46.8 Å². The summed E-state index contributed by atoms with van der Waals surface area (Å²) in [4.78, 5) is 35.3. The third-order valence-corrected chi connectivity index (χ3v) is 3.73. The number of nitrogens with two attached hydrogens (primary N) is 1. The summed E-state index contributed by atoms with van der Waals surface area (Å²) in [6, 6.07) is 11.1. The van der Waals surface area contributed by atoms with Gasteiger partial charge in [0.25, 0.3) is 5.91 Å². The Morgan fingerprint density at radius 3 is 2.46 bits per heavy atom. The lowest BCUT2D eigenvalue weighted by Crippen LogP contribution is -2.41. The van der Waals surface area contributed by atoms with Crippen molar-refractivity contribution in [3.05, 3.63) is 63.6 Å². The van der Waals surface area contributed by atoms with Crippen LogP contribution in [0, 0.1) is 0 Å². The van der Waals surface area contributed by atoms with Gasteiger partial charge in [0.05, 0.1) is 16.3 Å². The van der Waals surface area contributed by atoms with Crippen LogP contribution in [0.3, 0.4) is 0 Å². The number of ether oxygens (including phenoxy) is 1. The quantitative estimate of drug-likeness (QED) is 0.532. The van der Waals surface area contributed by atoms with Crippen molar-refractivity contribution in [3.8, 4) is 0 Å². The van der Waals surface area contributed by atoms with Crippen molar-refractivity contribution in [1.82, 2.24) is 10.6 Å². The van der Waals surface area contributed by atoms with Crippen molar-refractivity contribution in [3.63, 3.8) is 0 Å². The highest BCUT2D eigenvalue weighted by Gasteiger charge is 2.17. The van der Waals surface area contributed by atoms with Gasteiger partial charge in [-0.1, -0.05) is 53.5 Å². The molecule has 0 aliphatic rings.